The largest absolute Gasteiger partial charge is 0.492 e. The van der Waals surface area contributed by atoms with Crippen LogP contribution in [-0.4, -0.2) is 72.8 Å². The van der Waals surface area contributed by atoms with Gasteiger partial charge in [-0.2, -0.15) is 0 Å². The molecule has 5 rings (SSSR count). The van der Waals surface area contributed by atoms with E-state index in [0.717, 1.165) is 0 Å². The monoisotopic (exact) mass is 604 g/mol. The Morgan fingerprint density at radius 2 is 2.02 bits per heavy atom. The number of benzene rings is 1. The van der Waals surface area contributed by atoms with E-state index in [4.69, 9.17) is 9.57 Å². The third-order valence-electron chi connectivity index (χ3n) is 7.98. The molecule has 2 aliphatic heterocycles. The summed E-state index contributed by atoms with van der Waals surface area (Å²) < 4.78 is 46.5. The van der Waals surface area contributed by atoms with E-state index < -0.39 is 56.5 Å². The molecule has 0 radical (unpaired) electrons. The molecule has 2 aliphatic carbocycles. The number of halogens is 1. The summed E-state index contributed by atoms with van der Waals surface area (Å²) in [6.45, 7) is 9.89. The number of fused-ring (bicyclic) bond motifs is 1. The number of carbonyl (C=O) groups is 3. The summed E-state index contributed by atoms with van der Waals surface area (Å²) in [5.41, 5.74) is -0.840. The number of hydrogen-bond acceptors (Lipinski definition) is 8. The molecule has 228 valence electrons. The molecule has 42 heavy (non-hydrogen) atoms. The van der Waals surface area contributed by atoms with Crippen molar-refractivity contribution in [2.24, 2.45) is 16.5 Å². The topological polar surface area (TPSA) is 143 Å². The first-order valence-corrected chi connectivity index (χ1v) is 15.7. The zero-order chi connectivity index (χ0) is 30.4. The van der Waals surface area contributed by atoms with Crippen molar-refractivity contribution in [1.29, 1.82) is 0 Å². The van der Waals surface area contributed by atoms with Crippen molar-refractivity contribution in [1.82, 2.24) is 14.9 Å². The van der Waals surface area contributed by atoms with E-state index in [1.165, 1.54) is 29.2 Å². The van der Waals surface area contributed by atoms with E-state index in [9.17, 15) is 27.2 Å². The van der Waals surface area contributed by atoms with Crippen molar-refractivity contribution in [3.05, 3.63) is 42.2 Å². The van der Waals surface area contributed by atoms with Crippen molar-refractivity contribution in [3.63, 3.8) is 0 Å². The quantitative estimate of drug-likeness (QED) is 0.326. The highest BCUT2D eigenvalue weighted by atomic mass is 32.2. The zero-order valence-electron chi connectivity index (χ0n) is 24.0. The first kappa shape index (κ1) is 30.0. The fourth-order valence-electron chi connectivity index (χ4n) is 5.45. The van der Waals surface area contributed by atoms with E-state index in [0.29, 0.717) is 42.9 Å². The summed E-state index contributed by atoms with van der Waals surface area (Å²) in [6.07, 6.45) is 2.69. The van der Waals surface area contributed by atoms with Crippen molar-refractivity contribution in [3.8, 4) is 5.75 Å². The third-order valence-corrected chi connectivity index (χ3v) is 9.80. The zero-order valence-corrected chi connectivity index (χ0v) is 24.8. The van der Waals surface area contributed by atoms with E-state index in [-0.39, 0.29) is 37.1 Å². The van der Waals surface area contributed by atoms with Gasteiger partial charge in [-0.05, 0) is 42.9 Å². The molecule has 4 atom stereocenters. The number of likely N-dealkylation sites (tertiary alicyclic amines) is 1. The Balaban J connectivity index is 1.34. The first-order chi connectivity index (χ1) is 19.7. The Morgan fingerprint density at radius 1 is 1.29 bits per heavy atom. The van der Waals surface area contributed by atoms with Crippen LogP contribution in [0.5, 0.6) is 5.75 Å². The van der Waals surface area contributed by atoms with Gasteiger partial charge in [0, 0.05) is 30.7 Å². The van der Waals surface area contributed by atoms with E-state index >= 15 is 0 Å². The molecule has 3 amide bonds. The maximum absolute atomic E-state index is 13.9. The van der Waals surface area contributed by atoms with Crippen LogP contribution < -0.4 is 14.8 Å². The van der Waals surface area contributed by atoms with Gasteiger partial charge in [-0.1, -0.05) is 32.0 Å². The summed E-state index contributed by atoms with van der Waals surface area (Å²) >= 11 is 0. The molecular weight excluding hydrogens is 567 g/mol. The van der Waals surface area contributed by atoms with Crippen molar-refractivity contribution < 1.29 is 36.8 Å². The molecule has 1 aromatic carbocycles. The van der Waals surface area contributed by atoms with Crippen molar-refractivity contribution in [2.45, 2.75) is 82.2 Å². The Labute approximate surface area is 244 Å². The average Bonchev–Trinajstić information content (AvgIpc) is 3.83. The van der Waals surface area contributed by atoms with Gasteiger partial charge >= 0.3 is 0 Å². The number of hydrogen-bond donors (Lipinski definition) is 2. The Bertz CT molecular complexity index is 1440. The molecule has 2 unspecified atom stereocenters. The SMILES string of the molecule is C=C[C@@H]1C[C@@]1(NC(=O)C1CC(O/N=C2\CCOc3ccc(F)cc32)CN1C(=O)CC(C)(C)C)C(=O)NS(=O)(=O)C1CC1. The van der Waals surface area contributed by atoms with Gasteiger partial charge in [0.05, 0.1) is 24.1 Å². The van der Waals surface area contributed by atoms with Gasteiger partial charge in [-0.25, -0.2) is 12.8 Å². The van der Waals surface area contributed by atoms with Gasteiger partial charge < -0.3 is 19.8 Å². The molecule has 1 saturated heterocycles. The van der Waals surface area contributed by atoms with Crippen LogP contribution in [0.2, 0.25) is 0 Å². The lowest BCUT2D eigenvalue weighted by atomic mass is 9.91. The molecular formula is C29H37FN4O7S. The number of nitrogens with zero attached hydrogens (tertiary/aromatic N) is 2. The molecule has 11 nitrogen and oxygen atoms in total. The smallest absolute Gasteiger partial charge is 0.259 e. The van der Waals surface area contributed by atoms with Crippen LogP contribution in [0.4, 0.5) is 4.39 Å². The molecule has 13 heteroatoms. The molecule has 2 saturated carbocycles. The van der Waals surface area contributed by atoms with Crippen LogP contribution in [-0.2, 0) is 29.2 Å². The van der Waals surface area contributed by atoms with Gasteiger partial charge in [0.1, 0.15) is 29.3 Å². The molecule has 4 aliphatic rings. The predicted octanol–water partition coefficient (Wildman–Crippen LogP) is 2.40. The van der Waals surface area contributed by atoms with Crippen molar-refractivity contribution >= 4 is 33.5 Å². The minimum absolute atomic E-state index is 0.0798. The van der Waals surface area contributed by atoms with Crippen LogP contribution in [0.3, 0.4) is 0 Å². The van der Waals surface area contributed by atoms with E-state index in [1.54, 1.807) is 0 Å². The Morgan fingerprint density at radius 3 is 2.67 bits per heavy atom. The van der Waals surface area contributed by atoms with E-state index in [2.05, 4.69) is 21.8 Å². The molecule has 2 N–H and O–H groups in total. The number of amides is 3. The number of sulfonamides is 1. The average molecular weight is 605 g/mol. The number of oxime groups is 1. The fourth-order valence-corrected chi connectivity index (χ4v) is 6.82. The van der Waals surface area contributed by atoms with Crippen LogP contribution in [0, 0.1) is 17.2 Å². The maximum Gasteiger partial charge on any atom is 0.259 e. The standard InChI is InChI=1S/C29H37FN4O7S/c1-5-17-14-29(17,27(37)33-42(38,39)20-7-8-20)31-26(36)23-13-19(16-34(23)25(35)15-28(2,3)4)41-32-22-10-11-40-24-9-6-18(30)12-21(22)24/h5-6,9,12,17,19-20,23H,1,7-8,10-11,13-16H2,2-4H3,(H,31,36)(H,33,37)/b32-22+/t17-,19?,23?,29+/m1/s1. The van der Waals surface area contributed by atoms with Crippen LogP contribution in [0.15, 0.2) is 36.0 Å². The van der Waals surface area contributed by atoms with E-state index in [1.807, 2.05) is 20.8 Å². The van der Waals surface area contributed by atoms with Crippen LogP contribution in [0.1, 0.15) is 64.9 Å². The lowest BCUT2D eigenvalue weighted by Crippen LogP contribution is -2.56. The molecule has 3 fully saturated rings. The first-order valence-electron chi connectivity index (χ1n) is 14.2. The minimum Gasteiger partial charge on any atom is -0.492 e. The fraction of sp³-hybridized carbons (Fsp3) is 0.586. The van der Waals surface area contributed by atoms with Crippen LogP contribution >= 0.6 is 0 Å². The highest BCUT2D eigenvalue weighted by Crippen LogP contribution is 2.45. The lowest BCUT2D eigenvalue weighted by Gasteiger charge is -2.28. The molecule has 1 aromatic rings. The second-order valence-electron chi connectivity index (χ2n) is 12.7. The molecule has 0 spiro atoms. The van der Waals surface area contributed by atoms with Gasteiger partial charge in [-0.3, -0.25) is 19.1 Å². The number of nitrogens with one attached hydrogen (secondary N) is 2. The van der Waals surface area contributed by atoms with Gasteiger partial charge in [0.2, 0.25) is 21.8 Å². The Hall–Kier alpha value is -3.48. The summed E-state index contributed by atoms with van der Waals surface area (Å²) in [7, 11) is -3.83. The van der Waals surface area contributed by atoms with Crippen molar-refractivity contribution in [2.75, 3.05) is 13.2 Å². The minimum atomic E-state index is -3.83. The number of ether oxygens (including phenoxy) is 1. The summed E-state index contributed by atoms with van der Waals surface area (Å²) in [5.74, 6) is -2.05. The van der Waals surface area contributed by atoms with Gasteiger partial charge in [0.25, 0.3) is 5.91 Å². The highest BCUT2D eigenvalue weighted by molar-refractivity contribution is 7.91. The second-order valence-corrected chi connectivity index (χ2v) is 14.7. The molecule has 0 aromatic heterocycles. The summed E-state index contributed by atoms with van der Waals surface area (Å²) in [6, 6.07) is 3.17. The van der Waals surface area contributed by atoms with Crippen LogP contribution in [0.25, 0.3) is 0 Å². The molecule has 0 bridgehead atoms. The summed E-state index contributed by atoms with van der Waals surface area (Å²) in [5, 5.41) is 6.42. The maximum atomic E-state index is 13.9. The van der Waals surface area contributed by atoms with Gasteiger partial charge in [0.15, 0.2) is 0 Å². The lowest BCUT2D eigenvalue weighted by molar-refractivity contribution is -0.141. The normalized spacial score (nSPS) is 28.0. The van der Waals surface area contributed by atoms with Gasteiger partial charge in [-0.15, -0.1) is 6.58 Å². The summed E-state index contributed by atoms with van der Waals surface area (Å²) in [4.78, 5) is 47.5. The third kappa shape index (κ3) is 6.30. The second kappa shape index (κ2) is 11.0. The Kier molecular flexibility index (Phi) is 7.84. The predicted molar refractivity (Wildman–Crippen MR) is 151 cm³/mol. The number of carbonyl (C=O) groups excluding carboxylic acids is 3. The molecule has 2 heterocycles. The number of rotatable bonds is 9. The highest BCUT2D eigenvalue weighted by Gasteiger charge is 2.62.